The first-order valence-electron chi connectivity index (χ1n) is 12.0. The largest absolute Gasteiger partial charge is 1.00 e. The van der Waals surface area contributed by atoms with Crippen molar-refractivity contribution in [3.05, 3.63) is 5.32 Å². The first-order chi connectivity index (χ1) is 14.3. The molecule has 0 amide bonds. The van der Waals surface area contributed by atoms with Gasteiger partial charge < -0.3 is 21.3 Å². The molecule has 3 radical (unpaired) electrons. The van der Waals surface area contributed by atoms with Gasteiger partial charge in [-0.15, -0.1) is 18.7 Å². The summed E-state index contributed by atoms with van der Waals surface area (Å²) >= 11 is 1.19. The molecular weight excluding hydrogens is 688 g/mol. The molecule has 10 heteroatoms. The predicted molar refractivity (Wildman–Crippen MR) is 159 cm³/mol. The molecule has 1 aliphatic heterocycles. The maximum atomic E-state index is 10.1. The van der Waals surface area contributed by atoms with E-state index in [1.165, 1.54) is 43.1 Å². The molecule has 0 spiro atoms. The van der Waals surface area contributed by atoms with Crippen LogP contribution in [-0.2, 0) is 22.6 Å². The van der Waals surface area contributed by atoms with Crippen LogP contribution in [-0.4, -0.2) is 75.3 Å². The Morgan fingerprint density at radius 1 is 0.794 bits per heavy atom. The molecule has 207 valence electrons. The normalized spacial score (nSPS) is 12.7. The van der Waals surface area contributed by atoms with Gasteiger partial charge in [-0.25, -0.2) is 0 Å². The van der Waals surface area contributed by atoms with Gasteiger partial charge in [-0.3, -0.25) is 0 Å². The van der Waals surface area contributed by atoms with E-state index in [1.807, 2.05) is 0 Å². The standard InChI is InChI=1S/C16H36NP2.C4H8O.C4H9O.B.ClH.Ir.K.H3N.2H/c1-13(2)18(14(3)4)11-9-17-10-12-19(15(5)6)16(7)8;1-2-4-5-3-1;1-4(2,3)5;;;;;;;/h13-16H,9-12H2,1-8H3;1-4H2;1-3H3;;1H;;;1H3;;/q-1;;-1;;;2*+1;;;/p+1. The summed E-state index contributed by atoms with van der Waals surface area (Å²) in [5, 5.41) is 14.9. The Morgan fingerprint density at radius 3 is 1.18 bits per heavy atom. The predicted octanol–water partition coefficient (Wildman–Crippen LogP) is 3.30. The summed E-state index contributed by atoms with van der Waals surface area (Å²) in [6.07, 6.45) is 5.32. The van der Waals surface area contributed by atoms with Gasteiger partial charge in [-0.05, 0) is 68.2 Å². The number of rotatable bonds is 10. The second-order valence-corrected chi connectivity index (χ2v) is 18.3. The van der Waals surface area contributed by atoms with Crippen molar-refractivity contribution in [2.75, 3.05) is 38.6 Å². The Bertz CT molecular complexity index is 330. The quantitative estimate of drug-likeness (QED) is 0.212. The minimum Gasteiger partial charge on any atom is 1.00 e. The van der Waals surface area contributed by atoms with Gasteiger partial charge in [0, 0.05) is 49.8 Å². The van der Waals surface area contributed by atoms with Crippen LogP contribution in [0.3, 0.4) is 0 Å². The first kappa shape index (κ1) is 50.2. The van der Waals surface area contributed by atoms with Gasteiger partial charge >= 0.3 is 78.9 Å². The minimum atomic E-state index is -0.750. The molecule has 0 bridgehead atoms. The third-order valence-electron chi connectivity index (χ3n) is 4.91. The van der Waals surface area contributed by atoms with Gasteiger partial charge in [-0.1, -0.05) is 20.8 Å². The van der Waals surface area contributed by atoms with Crippen molar-refractivity contribution in [3.8, 4) is 0 Å². The van der Waals surface area contributed by atoms with Gasteiger partial charge in [-0.2, -0.15) is 0 Å². The average Bonchev–Trinajstić information content (AvgIpc) is 3.19. The van der Waals surface area contributed by atoms with Crippen LogP contribution in [0, 0.1) is 0 Å². The van der Waals surface area contributed by atoms with E-state index in [2.05, 4.69) is 55.4 Å². The SMILES string of the molecule is C1CCOC1.CC(C)(C)[O-].CC(C)[PH+](CC[N-]CC[PH+](C(C)C)C(C)C)C(C)C.N.[B].[Cl][IrH2].[K+]. The van der Waals surface area contributed by atoms with Crippen molar-refractivity contribution >= 4 is 33.8 Å². The van der Waals surface area contributed by atoms with E-state index in [9.17, 15) is 5.11 Å². The Kier molecular flexibility index (Phi) is 48.1. The summed E-state index contributed by atoms with van der Waals surface area (Å²) in [6.45, 7) is 28.3. The van der Waals surface area contributed by atoms with E-state index in [1.54, 1.807) is 20.8 Å². The summed E-state index contributed by atoms with van der Waals surface area (Å²) in [5.74, 6) is 0. The molecule has 0 unspecified atom stereocenters. The van der Waals surface area contributed by atoms with E-state index in [0.717, 1.165) is 48.9 Å². The van der Waals surface area contributed by atoms with Crippen LogP contribution in [0.2, 0.25) is 0 Å². The summed E-state index contributed by atoms with van der Waals surface area (Å²) in [4.78, 5) is 0. The molecule has 0 aromatic rings. The second-order valence-electron chi connectivity index (χ2n) is 10.4. The monoisotopic (exact) mass is 748 g/mol. The van der Waals surface area contributed by atoms with Crippen molar-refractivity contribution < 1.29 is 79.1 Å². The summed E-state index contributed by atoms with van der Waals surface area (Å²) < 4.78 is 4.94. The molecule has 0 aromatic heterocycles. The van der Waals surface area contributed by atoms with Crippen LogP contribution < -0.4 is 62.6 Å². The molecule has 34 heavy (non-hydrogen) atoms. The molecule has 0 atom stereocenters. The Labute approximate surface area is 277 Å². The van der Waals surface area contributed by atoms with Crippen molar-refractivity contribution in [1.82, 2.24) is 6.15 Å². The molecule has 1 heterocycles. The molecule has 1 rings (SSSR count). The molecule has 0 aliphatic carbocycles. The fourth-order valence-electron chi connectivity index (χ4n) is 3.53. The molecule has 1 fully saturated rings. The molecular formula is C24H60BClIrKN2O2P2+. The second kappa shape index (κ2) is 32.6. The van der Waals surface area contributed by atoms with Gasteiger partial charge in [0.15, 0.2) is 0 Å². The number of hydrogen-bond donors (Lipinski definition) is 1. The molecule has 4 nitrogen and oxygen atoms in total. The average molecular weight is 748 g/mol. The zero-order chi connectivity index (χ0) is 25.0. The molecule has 3 N–H and O–H groups in total. The van der Waals surface area contributed by atoms with Crippen LogP contribution in [0.4, 0.5) is 0 Å². The minimum absolute atomic E-state index is 0. The van der Waals surface area contributed by atoms with E-state index in [-0.39, 0.29) is 81.8 Å². The Balaban J connectivity index is -0.000000108. The fourth-order valence-corrected chi connectivity index (χ4v) is 9.34. The van der Waals surface area contributed by atoms with E-state index in [0.29, 0.717) is 0 Å². The van der Waals surface area contributed by atoms with Gasteiger partial charge in [0.05, 0.1) is 22.6 Å². The van der Waals surface area contributed by atoms with Crippen molar-refractivity contribution in [3.63, 3.8) is 0 Å². The topological polar surface area (TPSA) is 81.4 Å². The van der Waals surface area contributed by atoms with Gasteiger partial charge in [0.1, 0.15) is 0 Å². The fraction of sp³-hybridized carbons (Fsp3) is 1.00. The number of ether oxygens (including phenoxy) is 1. The summed E-state index contributed by atoms with van der Waals surface area (Å²) in [5.41, 5.74) is 2.83. The van der Waals surface area contributed by atoms with Crippen molar-refractivity contribution in [2.45, 2.75) is 117 Å². The van der Waals surface area contributed by atoms with E-state index < -0.39 is 5.60 Å². The van der Waals surface area contributed by atoms with Crippen molar-refractivity contribution in [2.24, 2.45) is 0 Å². The van der Waals surface area contributed by atoms with Crippen LogP contribution in [0.15, 0.2) is 0 Å². The molecule has 1 saturated heterocycles. The molecule has 0 saturated carbocycles. The number of nitrogens with zero attached hydrogens (tertiary/aromatic N) is 1. The molecule has 1 aliphatic rings. The Morgan fingerprint density at radius 2 is 1.03 bits per heavy atom. The summed E-state index contributed by atoms with van der Waals surface area (Å²) in [6, 6.07) is 0. The third kappa shape index (κ3) is 39.8. The van der Waals surface area contributed by atoms with Crippen molar-refractivity contribution in [1.29, 1.82) is 0 Å². The smallest absolute Gasteiger partial charge is 1.00 e. The van der Waals surface area contributed by atoms with Crippen LogP contribution in [0.5, 0.6) is 0 Å². The maximum absolute atomic E-state index is 10.1. The van der Waals surface area contributed by atoms with E-state index >= 15 is 0 Å². The van der Waals surface area contributed by atoms with Crippen LogP contribution >= 0.6 is 25.4 Å². The Hall–Kier alpha value is 3.34. The number of hydrogen-bond acceptors (Lipinski definition) is 3. The van der Waals surface area contributed by atoms with Gasteiger partial charge in [0.25, 0.3) is 0 Å². The molecule has 0 aromatic carbocycles. The third-order valence-corrected chi connectivity index (χ3v) is 12.4. The van der Waals surface area contributed by atoms with Crippen LogP contribution in [0.1, 0.15) is 89.0 Å². The van der Waals surface area contributed by atoms with Crippen LogP contribution in [0.25, 0.3) is 5.32 Å². The number of halogens is 1. The maximum Gasteiger partial charge on any atom is 1.00 e. The zero-order valence-electron chi connectivity index (χ0n) is 24.8. The first-order valence-corrected chi connectivity index (χ1v) is 19.1. The zero-order valence-corrected chi connectivity index (χ0v) is 33.4. The van der Waals surface area contributed by atoms with Gasteiger partial charge in [0.2, 0.25) is 0 Å². The summed E-state index contributed by atoms with van der Waals surface area (Å²) in [7, 11) is 4.30. The van der Waals surface area contributed by atoms with E-state index in [4.69, 9.17) is 19.6 Å².